The zero-order valence-corrected chi connectivity index (χ0v) is 19.0. The lowest BCUT2D eigenvalue weighted by Crippen LogP contribution is -2.67. The van der Waals surface area contributed by atoms with E-state index in [2.05, 4.69) is 0 Å². The minimum Gasteiger partial charge on any atom is -0.462 e. The molecular weight excluding hydrogens is 458 g/mol. The molecule has 0 bridgehead atoms. The first-order valence-corrected chi connectivity index (χ1v) is 11.8. The molecule has 0 radical (unpaired) electrons. The fourth-order valence-electron chi connectivity index (χ4n) is 4.82. The van der Waals surface area contributed by atoms with Crippen molar-refractivity contribution >= 4 is 11.7 Å². The number of ether oxygens (including phenoxy) is 5. The maximum atomic E-state index is 12.9. The Hall–Kier alpha value is -3.05. The summed E-state index contributed by atoms with van der Waals surface area (Å²) >= 11 is 0. The second-order valence-electron chi connectivity index (χ2n) is 9.00. The van der Waals surface area contributed by atoms with Crippen LogP contribution in [0.2, 0.25) is 0 Å². The number of benzene rings is 2. The third-order valence-electron chi connectivity index (χ3n) is 6.64. The Kier molecular flexibility index (Phi) is 6.70. The standard InChI is InChI=1S/C25H27NO9/c27-20-22(34-23(28)16-7-3-1-4-8-16)21-19(15-31-25(35-21)13-5-2-6-14-25)33-24(20)32-18-11-9-17(10-12-18)26(29)30/h1,3-4,7-12,19-22,24,27H,2,5-6,13-15H2. The zero-order valence-electron chi connectivity index (χ0n) is 19.0. The van der Waals surface area contributed by atoms with Crippen molar-refractivity contribution < 1.29 is 38.5 Å². The summed E-state index contributed by atoms with van der Waals surface area (Å²) in [5.74, 6) is -1.13. The van der Waals surface area contributed by atoms with Gasteiger partial charge in [-0.15, -0.1) is 0 Å². The molecule has 5 unspecified atom stereocenters. The molecule has 3 fully saturated rings. The maximum absolute atomic E-state index is 12.9. The van der Waals surface area contributed by atoms with Gasteiger partial charge in [-0.1, -0.05) is 24.6 Å². The van der Waals surface area contributed by atoms with Gasteiger partial charge in [0.1, 0.15) is 18.0 Å². The molecule has 2 heterocycles. The van der Waals surface area contributed by atoms with E-state index in [-0.39, 0.29) is 18.0 Å². The topological polar surface area (TPSA) is 127 Å². The average molecular weight is 485 g/mol. The van der Waals surface area contributed by atoms with Crippen LogP contribution < -0.4 is 4.74 Å². The Balaban J connectivity index is 1.38. The van der Waals surface area contributed by atoms with Gasteiger partial charge in [0.05, 0.1) is 17.1 Å². The summed E-state index contributed by atoms with van der Waals surface area (Å²) in [4.78, 5) is 23.3. The molecule has 0 amide bonds. The molecule has 0 aromatic heterocycles. The molecule has 1 aliphatic carbocycles. The van der Waals surface area contributed by atoms with Gasteiger partial charge in [-0.25, -0.2) is 4.79 Å². The Morgan fingerprint density at radius 3 is 2.46 bits per heavy atom. The molecule has 1 saturated carbocycles. The second kappa shape index (κ2) is 9.90. The molecule has 10 nitrogen and oxygen atoms in total. The predicted octanol–water partition coefficient (Wildman–Crippen LogP) is 3.36. The summed E-state index contributed by atoms with van der Waals surface area (Å²) in [6, 6.07) is 13.9. The Bertz CT molecular complexity index is 1040. The van der Waals surface area contributed by atoms with Crippen molar-refractivity contribution in [2.24, 2.45) is 0 Å². The quantitative estimate of drug-likeness (QED) is 0.385. The number of carbonyl (C=O) groups is 1. The van der Waals surface area contributed by atoms with Gasteiger partial charge in [-0.05, 0) is 37.1 Å². The van der Waals surface area contributed by atoms with Gasteiger partial charge in [0, 0.05) is 25.0 Å². The number of aliphatic hydroxyl groups excluding tert-OH is 1. The van der Waals surface area contributed by atoms with Crippen LogP contribution in [0.4, 0.5) is 5.69 Å². The van der Waals surface area contributed by atoms with E-state index in [1.165, 1.54) is 24.3 Å². The van der Waals surface area contributed by atoms with Gasteiger partial charge in [0.2, 0.25) is 6.29 Å². The van der Waals surface area contributed by atoms with Gasteiger partial charge in [0.15, 0.2) is 18.0 Å². The largest absolute Gasteiger partial charge is 0.462 e. The Morgan fingerprint density at radius 1 is 1.06 bits per heavy atom. The van der Waals surface area contributed by atoms with E-state index in [4.69, 9.17) is 23.7 Å². The number of non-ortho nitro benzene ring substituents is 1. The van der Waals surface area contributed by atoms with Crippen LogP contribution >= 0.6 is 0 Å². The molecule has 2 aromatic carbocycles. The summed E-state index contributed by atoms with van der Waals surface area (Å²) in [6.07, 6.45) is -0.614. The lowest BCUT2D eigenvalue weighted by atomic mass is 9.90. The predicted molar refractivity (Wildman–Crippen MR) is 121 cm³/mol. The molecule has 1 N–H and O–H groups in total. The molecular formula is C25H27NO9. The van der Waals surface area contributed by atoms with Gasteiger partial charge >= 0.3 is 5.97 Å². The molecule has 2 saturated heterocycles. The van der Waals surface area contributed by atoms with Crippen molar-refractivity contribution in [1.29, 1.82) is 0 Å². The molecule has 5 atom stereocenters. The first-order chi connectivity index (χ1) is 16.9. The van der Waals surface area contributed by atoms with Gasteiger partial charge in [-0.2, -0.15) is 0 Å². The van der Waals surface area contributed by atoms with Crippen molar-refractivity contribution in [2.75, 3.05) is 6.61 Å². The number of nitrogens with zero attached hydrogens (tertiary/aromatic N) is 1. The van der Waals surface area contributed by atoms with E-state index in [9.17, 15) is 20.0 Å². The zero-order chi connectivity index (χ0) is 24.4. The SMILES string of the molecule is O=C(OC1C(O)C(Oc2ccc([N+](=O)[O-])cc2)OC2COC3(CCCCC3)OC21)c1ccccc1. The number of fused-ring (bicyclic) bond motifs is 1. The number of esters is 1. The molecule has 2 aliphatic heterocycles. The summed E-state index contributed by atoms with van der Waals surface area (Å²) in [7, 11) is 0. The highest BCUT2D eigenvalue weighted by atomic mass is 16.8. The highest BCUT2D eigenvalue weighted by Gasteiger charge is 2.55. The molecule has 3 aliphatic rings. The highest BCUT2D eigenvalue weighted by molar-refractivity contribution is 5.89. The van der Waals surface area contributed by atoms with Crippen LogP contribution in [0.5, 0.6) is 5.75 Å². The number of hydrogen-bond acceptors (Lipinski definition) is 9. The number of rotatable bonds is 5. The van der Waals surface area contributed by atoms with Crippen LogP contribution in [0.1, 0.15) is 42.5 Å². The lowest BCUT2D eigenvalue weighted by Gasteiger charge is -2.52. The van der Waals surface area contributed by atoms with E-state index in [1.807, 2.05) is 0 Å². The smallest absolute Gasteiger partial charge is 0.338 e. The molecule has 5 rings (SSSR count). The molecule has 186 valence electrons. The van der Waals surface area contributed by atoms with Crippen molar-refractivity contribution in [3.05, 3.63) is 70.3 Å². The summed E-state index contributed by atoms with van der Waals surface area (Å²) < 4.78 is 30.0. The molecule has 10 heteroatoms. The Labute approximate surface area is 201 Å². The minimum atomic E-state index is -1.38. The van der Waals surface area contributed by atoms with Crippen LogP contribution in [0, 0.1) is 10.1 Å². The second-order valence-corrected chi connectivity index (χ2v) is 9.00. The third kappa shape index (κ3) is 5.01. The van der Waals surface area contributed by atoms with Gasteiger partial charge in [0.25, 0.3) is 5.69 Å². The Morgan fingerprint density at radius 2 is 1.77 bits per heavy atom. The van der Waals surface area contributed by atoms with Crippen molar-refractivity contribution in [2.45, 2.75) is 68.6 Å². The van der Waals surface area contributed by atoms with E-state index < -0.39 is 47.4 Å². The van der Waals surface area contributed by atoms with Crippen molar-refractivity contribution in [3.63, 3.8) is 0 Å². The van der Waals surface area contributed by atoms with Crippen molar-refractivity contribution in [1.82, 2.24) is 0 Å². The van der Waals surface area contributed by atoms with E-state index in [0.717, 1.165) is 19.3 Å². The average Bonchev–Trinajstić information content (AvgIpc) is 2.88. The fraction of sp³-hybridized carbons (Fsp3) is 0.480. The fourth-order valence-corrected chi connectivity index (χ4v) is 4.82. The number of carbonyl (C=O) groups excluding carboxylic acids is 1. The van der Waals surface area contributed by atoms with Gasteiger partial charge in [-0.3, -0.25) is 10.1 Å². The van der Waals surface area contributed by atoms with E-state index in [0.29, 0.717) is 18.4 Å². The normalized spacial score (nSPS) is 29.7. The van der Waals surface area contributed by atoms with Crippen LogP contribution in [-0.4, -0.2) is 59.1 Å². The lowest BCUT2D eigenvalue weighted by molar-refractivity contribution is -0.388. The van der Waals surface area contributed by atoms with Crippen molar-refractivity contribution in [3.8, 4) is 5.75 Å². The third-order valence-corrected chi connectivity index (χ3v) is 6.64. The number of nitro groups is 1. The molecule has 1 spiro atoms. The number of hydrogen-bond donors (Lipinski definition) is 1. The first kappa shape index (κ1) is 23.7. The number of nitro benzene ring substituents is 1. The summed E-state index contributed by atoms with van der Waals surface area (Å²) in [5.41, 5.74) is 0.249. The summed E-state index contributed by atoms with van der Waals surface area (Å²) in [6.45, 7) is 0.191. The van der Waals surface area contributed by atoms with Crippen LogP contribution in [0.25, 0.3) is 0 Å². The molecule has 35 heavy (non-hydrogen) atoms. The maximum Gasteiger partial charge on any atom is 0.338 e. The van der Waals surface area contributed by atoms with Crippen LogP contribution in [-0.2, 0) is 18.9 Å². The minimum absolute atomic E-state index is 0.0935. The van der Waals surface area contributed by atoms with Crippen LogP contribution in [0.3, 0.4) is 0 Å². The molecule has 2 aromatic rings. The van der Waals surface area contributed by atoms with E-state index in [1.54, 1.807) is 30.3 Å². The monoisotopic (exact) mass is 485 g/mol. The number of aliphatic hydroxyl groups is 1. The van der Waals surface area contributed by atoms with Gasteiger partial charge < -0.3 is 28.8 Å². The summed E-state index contributed by atoms with van der Waals surface area (Å²) in [5, 5.41) is 22.1. The highest BCUT2D eigenvalue weighted by Crippen LogP contribution is 2.41. The van der Waals surface area contributed by atoms with E-state index >= 15 is 0 Å². The first-order valence-electron chi connectivity index (χ1n) is 11.8. The van der Waals surface area contributed by atoms with Crippen LogP contribution in [0.15, 0.2) is 54.6 Å².